The molecule has 2 fully saturated rings. The summed E-state index contributed by atoms with van der Waals surface area (Å²) < 4.78 is 5.96. The SMILES string of the molecule is C#CCN(CCNC(=O)C(C)(C)NC(=O)CCCc1ccc(Cc2cc([C@@H]3OC(C#SC)[C@@H](O)[C@H](O)[C@H]3O)ccc2C)cc1)CC(=O)N1CCCC1. The van der Waals surface area contributed by atoms with Gasteiger partial charge in [0.1, 0.15) is 36.1 Å². The van der Waals surface area contributed by atoms with Crippen LogP contribution >= 0.6 is 11.2 Å². The molecule has 282 valence electrons. The lowest BCUT2D eigenvalue weighted by molar-refractivity contribution is -0.209. The molecule has 12 heteroatoms. The van der Waals surface area contributed by atoms with E-state index in [1.165, 1.54) is 11.2 Å². The summed E-state index contributed by atoms with van der Waals surface area (Å²) in [5, 5.41) is 40.1. The molecule has 0 spiro atoms. The number of amides is 3. The number of carbonyl (C=O) groups excluding carboxylic acids is 3. The molecule has 1 unspecified atom stereocenters. The molecule has 5 N–H and O–H groups in total. The van der Waals surface area contributed by atoms with Gasteiger partial charge < -0.3 is 35.6 Å². The van der Waals surface area contributed by atoms with E-state index in [0.717, 1.165) is 53.7 Å². The van der Waals surface area contributed by atoms with Crippen molar-refractivity contribution in [2.45, 2.75) is 95.4 Å². The third kappa shape index (κ3) is 11.4. The zero-order chi connectivity index (χ0) is 37.8. The number of terminal acetylenes is 1. The molecule has 3 amide bonds. The van der Waals surface area contributed by atoms with Crippen LogP contribution in [0.15, 0.2) is 42.5 Å². The monoisotopic (exact) mass is 734 g/mol. The second kappa shape index (κ2) is 19.3. The van der Waals surface area contributed by atoms with Crippen LogP contribution in [0.3, 0.4) is 0 Å². The summed E-state index contributed by atoms with van der Waals surface area (Å²) >= 11 is 1.26. The highest BCUT2D eigenvalue weighted by Crippen LogP contribution is 2.33. The molecule has 2 heterocycles. The Morgan fingerprint density at radius 2 is 1.73 bits per heavy atom. The van der Waals surface area contributed by atoms with Crippen molar-refractivity contribution >= 4 is 28.9 Å². The number of ether oxygens (including phenoxy) is 1. The van der Waals surface area contributed by atoms with Crippen LogP contribution in [0.1, 0.15) is 73.5 Å². The summed E-state index contributed by atoms with van der Waals surface area (Å²) in [4.78, 5) is 41.9. The number of nitrogens with one attached hydrogen (secondary N) is 2. The van der Waals surface area contributed by atoms with Gasteiger partial charge >= 0.3 is 0 Å². The Bertz CT molecular complexity index is 1640. The molecule has 11 nitrogen and oxygen atoms in total. The Morgan fingerprint density at radius 1 is 1.04 bits per heavy atom. The van der Waals surface area contributed by atoms with Gasteiger partial charge in [-0.05, 0) is 80.7 Å². The summed E-state index contributed by atoms with van der Waals surface area (Å²) in [6, 6.07) is 14.0. The second-order valence-electron chi connectivity index (χ2n) is 14.2. The molecule has 4 rings (SSSR count). The highest BCUT2D eigenvalue weighted by Gasteiger charge is 2.43. The fourth-order valence-corrected chi connectivity index (χ4v) is 6.97. The van der Waals surface area contributed by atoms with Crippen molar-refractivity contribution in [3.05, 3.63) is 70.3 Å². The third-order valence-electron chi connectivity index (χ3n) is 9.70. The molecular weight excluding hydrogens is 681 g/mol. The van der Waals surface area contributed by atoms with Gasteiger partial charge in [0.2, 0.25) is 17.7 Å². The zero-order valence-electron chi connectivity index (χ0n) is 30.8. The lowest BCUT2D eigenvalue weighted by Gasteiger charge is -2.39. The molecule has 0 saturated carbocycles. The van der Waals surface area contributed by atoms with Crippen LogP contribution in [0.2, 0.25) is 0 Å². The van der Waals surface area contributed by atoms with E-state index in [1.54, 1.807) is 20.1 Å². The summed E-state index contributed by atoms with van der Waals surface area (Å²) in [7, 11) is 0. The van der Waals surface area contributed by atoms with Crippen molar-refractivity contribution in [3.63, 3.8) is 0 Å². The van der Waals surface area contributed by atoms with E-state index >= 15 is 0 Å². The Morgan fingerprint density at radius 3 is 2.40 bits per heavy atom. The molecule has 2 aromatic rings. The lowest BCUT2D eigenvalue weighted by Crippen LogP contribution is -2.55. The molecule has 5 atom stereocenters. The van der Waals surface area contributed by atoms with Crippen LogP contribution in [-0.4, -0.2) is 118 Å². The minimum atomic E-state index is -1.35. The maximum absolute atomic E-state index is 12.9. The fraction of sp³-hybridized carbons (Fsp3) is 0.550. The second-order valence-corrected chi connectivity index (χ2v) is 14.9. The number of rotatable bonds is 15. The minimum Gasteiger partial charge on any atom is -0.387 e. The number of aliphatic hydroxyl groups is 3. The van der Waals surface area contributed by atoms with Crippen LogP contribution in [0.4, 0.5) is 0 Å². The maximum Gasteiger partial charge on any atom is 0.245 e. The van der Waals surface area contributed by atoms with Gasteiger partial charge in [-0.3, -0.25) is 19.3 Å². The van der Waals surface area contributed by atoms with Crippen LogP contribution in [0, 0.1) is 24.5 Å². The molecule has 0 bridgehead atoms. The lowest BCUT2D eigenvalue weighted by atomic mass is 9.89. The van der Waals surface area contributed by atoms with Gasteiger partial charge in [0.15, 0.2) is 0 Å². The van der Waals surface area contributed by atoms with E-state index in [1.807, 2.05) is 34.9 Å². The number of nitrogens with zero attached hydrogens (tertiary/aromatic N) is 2. The molecule has 2 saturated heterocycles. The normalized spacial score (nSPS) is 21.7. The van der Waals surface area contributed by atoms with E-state index in [9.17, 15) is 29.7 Å². The first kappa shape index (κ1) is 41.0. The van der Waals surface area contributed by atoms with E-state index in [4.69, 9.17) is 11.2 Å². The highest BCUT2D eigenvalue weighted by molar-refractivity contribution is 7.87. The Hall–Kier alpha value is -3.79. The Kier molecular flexibility index (Phi) is 15.2. The highest BCUT2D eigenvalue weighted by atomic mass is 32.1. The summed E-state index contributed by atoms with van der Waals surface area (Å²) in [6.07, 6.45) is 6.05. The molecule has 2 aliphatic heterocycles. The van der Waals surface area contributed by atoms with E-state index < -0.39 is 36.1 Å². The summed E-state index contributed by atoms with van der Waals surface area (Å²) in [5.74, 6) is 2.12. The van der Waals surface area contributed by atoms with Crippen LogP contribution < -0.4 is 10.6 Å². The summed E-state index contributed by atoms with van der Waals surface area (Å²) in [6.45, 7) is 8.18. The van der Waals surface area contributed by atoms with Gasteiger partial charge in [-0.2, -0.15) is 0 Å². The number of aryl methyl sites for hydroxylation is 2. The predicted octanol–water partition coefficient (Wildman–Crippen LogP) is 2.32. The van der Waals surface area contributed by atoms with Crippen molar-refractivity contribution < 1.29 is 34.4 Å². The van der Waals surface area contributed by atoms with Crippen molar-refractivity contribution in [2.24, 2.45) is 0 Å². The van der Waals surface area contributed by atoms with E-state index in [-0.39, 0.29) is 30.7 Å². The first-order chi connectivity index (χ1) is 24.8. The largest absolute Gasteiger partial charge is 0.387 e. The van der Waals surface area contributed by atoms with Crippen LogP contribution in [0.25, 0.3) is 0 Å². The third-order valence-corrected chi connectivity index (χ3v) is 10.2. The molecule has 2 aliphatic rings. The van der Waals surface area contributed by atoms with Crippen LogP contribution in [0.5, 0.6) is 0 Å². The predicted molar refractivity (Wildman–Crippen MR) is 203 cm³/mol. The first-order valence-corrected chi connectivity index (χ1v) is 19.2. The first-order valence-electron chi connectivity index (χ1n) is 18.0. The van der Waals surface area contributed by atoms with Gasteiger partial charge in [0, 0.05) is 38.9 Å². The Balaban J connectivity index is 1.22. The molecule has 0 radical (unpaired) electrons. The number of hydrogen-bond donors (Lipinski definition) is 5. The molecule has 52 heavy (non-hydrogen) atoms. The van der Waals surface area contributed by atoms with E-state index in [2.05, 4.69) is 46.0 Å². The smallest absolute Gasteiger partial charge is 0.245 e. The number of aliphatic hydroxyl groups excluding tert-OH is 3. The van der Waals surface area contributed by atoms with Gasteiger partial charge in [0.25, 0.3) is 0 Å². The molecule has 2 aromatic carbocycles. The molecular formula is C40H54N4O7S. The average molecular weight is 735 g/mol. The molecule has 0 aliphatic carbocycles. The van der Waals surface area contributed by atoms with Gasteiger partial charge in [0.05, 0.1) is 13.1 Å². The van der Waals surface area contributed by atoms with Crippen LogP contribution in [-0.2, 0) is 32.0 Å². The van der Waals surface area contributed by atoms with Gasteiger partial charge in [-0.1, -0.05) is 53.6 Å². The Labute approximate surface area is 311 Å². The number of carbonyl (C=O) groups is 3. The molecule has 0 aromatic heterocycles. The minimum absolute atomic E-state index is 0.0514. The number of benzene rings is 2. The quantitative estimate of drug-likeness (QED) is 0.175. The number of likely N-dealkylation sites (tertiary alicyclic amines) is 1. The average Bonchev–Trinajstić information content (AvgIpc) is 3.66. The summed E-state index contributed by atoms with van der Waals surface area (Å²) in [5.41, 5.74) is 3.93. The zero-order valence-corrected chi connectivity index (χ0v) is 31.6. The van der Waals surface area contributed by atoms with Gasteiger partial charge in [-0.25, -0.2) is 0 Å². The van der Waals surface area contributed by atoms with Crippen molar-refractivity contribution in [2.75, 3.05) is 45.5 Å². The fourth-order valence-electron chi connectivity index (χ4n) is 6.54. The van der Waals surface area contributed by atoms with Crippen molar-refractivity contribution in [1.29, 1.82) is 0 Å². The number of hydrogen-bond acceptors (Lipinski definition) is 8. The van der Waals surface area contributed by atoms with E-state index in [0.29, 0.717) is 38.9 Å². The van der Waals surface area contributed by atoms with Crippen molar-refractivity contribution in [3.8, 4) is 17.5 Å². The standard InChI is InChI=1S/C40H54N4O7S/c1-6-19-43(25-34(46)44-20-7-8-21-44)22-18-41-39(50)40(3,4)42-33(45)11-9-10-28-13-15-29(16-14-28)23-31-24-30(17-12-27(31)2)38-37(49)36(48)35(47)32(51-38)26-52-5/h1,12-17,24,32,35-38,47-49H,7-11,18-23,25H2,2-5H3,(H,41,50)(H,42,45)/t32?,35-,36+,37-,38+/m1/s1. The van der Waals surface area contributed by atoms with Gasteiger partial charge in [-0.15, -0.1) is 17.6 Å². The topological polar surface area (TPSA) is 152 Å². The van der Waals surface area contributed by atoms with Crippen molar-refractivity contribution in [1.82, 2.24) is 20.4 Å². The maximum atomic E-state index is 12.9.